The summed E-state index contributed by atoms with van der Waals surface area (Å²) in [5.74, 6) is -0.591. The molecule has 1 aromatic carbocycles. The molecule has 1 saturated heterocycles. The first-order chi connectivity index (χ1) is 13.3. The van der Waals surface area contributed by atoms with Gasteiger partial charge in [-0.25, -0.2) is 17.9 Å². The predicted octanol–water partition coefficient (Wildman–Crippen LogP) is -0.0631. The summed E-state index contributed by atoms with van der Waals surface area (Å²) in [6, 6.07) is 5.30. The van der Waals surface area contributed by atoms with Crippen molar-refractivity contribution in [2.75, 3.05) is 33.3 Å². The quantitative estimate of drug-likeness (QED) is 0.364. The maximum atomic E-state index is 12.8. The zero-order valence-corrected chi connectivity index (χ0v) is 15.8. The molecule has 3 rings (SSSR count). The molecule has 0 aliphatic carbocycles. The Morgan fingerprint density at radius 2 is 1.93 bits per heavy atom. The SMILES string of the molecule is COC(=O)c1cn(CN2CCN(S(=O)(=O)c3ccccc3[N+](=O)[O-])CC2)nn1. The molecule has 28 heavy (non-hydrogen) atoms. The summed E-state index contributed by atoms with van der Waals surface area (Å²) >= 11 is 0. The maximum Gasteiger partial charge on any atom is 0.360 e. The van der Waals surface area contributed by atoms with Crippen molar-refractivity contribution >= 4 is 21.7 Å². The minimum atomic E-state index is -3.98. The highest BCUT2D eigenvalue weighted by Crippen LogP contribution is 2.26. The van der Waals surface area contributed by atoms with Gasteiger partial charge in [-0.3, -0.25) is 15.0 Å². The average molecular weight is 410 g/mol. The third kappa shape index (κ3) is 4.00. The first-order valence-corrected chi connectivity index (χ1v) is 9.71. The van der Waals surface area contributed by atoms with Gasteiger partial charge in [-0.2, -0.15) is 4.31 Å². The lowest BCUT2D eigenvalue weighted by molar-refractivity contribution is -0.387. The topological polar surface area (TPSA) is 141 Å². The van der Waals surface area contributed by atoms with E-state index in [0.29, 0.717) is 19.8 Å². The van der Waals surface area contributed by atoms with Gasteiger partial charge >= 0.3 is 5.97 Å². The second-order valence-electron chi connectivity index (χ2n) is 6.02. The summed E-state index contributed by atoms with van der Waals surface area (Å²) in [6.45, 7) is 1.46. The van der Waals surface area contributed by atoms with E-state index in [1.807, 2.05) is 4.90 Å². The van der Waals surface area contributed by atoms with Gasteiger partial charge in [0, 0.05) is 32.2 Å². The number of aromatic nitrogens is 3. The van der Waals surface area contributed by atoms with E-state index in [1.165, 1.54) is 46.6 Å². The highest BCUT2D eigenvalue weighted by Gasteiger charge is 2.33. The molecule has 1 aliphatic heterocycles. The Hall–Kier alpha value is -2.90. The number of nitro groups is 1. The van der Waals surface area contributed by atoms with Crippen molar-refractivity contribution in [1.29, 1.82) is 0 Å². The van der Waals surface area contributed by atoms with Crippen LogP contribution in [0.25, 0.3) is 0 Å². The monoisotopic (exact) mass is 410 g/mol. The molecule has 0 atom stereocenters. The van der Waals surface area contributed by atoms with E-state index in [-0.39, 0.29) is 23.7 Å². The van der Waals surface area contributed by atoms with E-state index in [4.69, 9.17) is 0 Å². The highest BCUT2D eigenvalue weighted by atomic mass is 32.2. The van der Waals surface area contributed by atoms with Crippen LogP contribution in [0.4, 0.5) is 5.69 Å². The van der Waals surface area contributed by atoms with Crippen LogP contribution in [0.3, 0.4) is 0 Å². The second-order valence-corrected chi connectivity index (χ2v) is 7.93. The van der Waals surface area contributed by atoms with Gasteiger partial charge in [0.15, 0.2) is 10.6 Å². The minimum absolute atomic E-state index is 0.0834. The number of hydrogen-bond donors (Lipinski definition) is 0. The number of esters is 1. The zero-order chi connectivity index (χ0) is 20.3. The van der Waals surface area contributed by atoms with Gasteiger partial charge in [-0.05, 0) is 6.07 Å². The minimum Gasteiger partial charge on any atom is -0.464 e. The standard InChI is InChI=1S/C15H18N6O6S/c1-27-15(22)12-10-19(17-16-12)11-18-6-8-20(9-7-18)28(25,26)14-5-3-2-4-13(14)21(23)24/h2-5,10H,6-9,11H2,1H3. The number of hydrogen-bond acceptors (Lipinski definition) is 9. The van der Waals surface area contributed by atoms with Crippen molar-refractivity contribution in [3.05, 3.63) is 46.3 Å². The number of benzene rings is 1. The smallest absolute Gasteiger partial charge is 0.360 e. The number of carbonyl (C=O) groups is 1. The Morgan fingerprint density at radius 1 is 1.25 bits per heavy atom. The number of nitrogens with zero attached hydrogens (tertiary/aromatic N) is 6. The Bertz CT molecular complexity index is 982. The fourth-order valence-corrected chi connectivity index (χ4v) is 4.43. The number of carbonyl (C=O) groups excluding carboxylic acids is 1. The van der Waals surface area contributed by atoms with Crippen LogP contribution in [0.1, 0.15) is 10.5 Å². The van der Waals surface area contributed by atoms with E-state index in [0.717, 1.165) is 0 Å². The van der Waals surface area contributed by atoms with Crippen molar-refractivity contribution in [1.82, 2.24) is 24.2 Å². The second kappa shape index (κ2) is 8.00. The van der Waals surface area contributed by atoms with Crippen LogP contribution in [-0.4, -0.2) is 76.8 Å². The van der Waals surface area contributed by atoms with Crippen LogP contribution in [0, 0.1) is 10.1 Å². The van der Waals surface area contributed by atoms with Gasteiger partial charge in [0.05, 0.1) is 24.9 Å². The molecule has 13 heteroatoms. The fraction of sp³-hybridized carbons (Fsp3) is 0.400. The Balaban J connectivity index is 1.66. The largest absolute Gasteiger partial charge is 0.464 e. The van der Waals surface area contributed by atoms with E-state index >= 15 is 0 Å². The van der Waals surface area contributed by atoms with Crippen molar-refractivity contribution < 1.29 is 22.9 Å². The summed E-state index contributed by atoms with van der Waals surface area (Å²) in [4.78, 5) is 23.5. The summed E-state index contributed by atoms with van der Waals surface area (Å²) in [7, 11) is -2.73. The molecule has 0 amide bonds. The van der Waals surface area contributed by atoms with Crippen LogP contribution >= 0.6 is 0 Å². The van der Waals surface area contributed by atoms with Crippen LogP contribution in [-0.2, 0) is 21.4 Å². The molecule has 2 aromatic rings. The number of piperazine rings is 1. The van der Waals surface area contributed by atoms with Gasteiger partial charge in [-0.1, -0.05) is 17.3 Å². The first kappa shape index (κ1) is 19.9. The van der Waals surface area contributed by atoms with E-state index in [1.54, 1.807) is 0 Å². The molecule has 1 aromatic heterocycles. The lowest BCUT2D eigenvalue weighted by Crippen LogP contribution is -2.48. The van der Waals surface area contributed by atoms with Gasteiger partial charge < -0.3 is 4.74 Å². The van der Waals surface area contributed by atoms with Crippen LogP contribution in [0.2, 0.25) is 0 Å². The number of sulfonamides is 1. The molecule has 0 N–H and O–H groups in total. The van der Waals surface area contributed by atoms with E-state index < -0.39 is 26.6 Å². The number of nitro benzene ring substituents is 1. The summed E-state index contributed by atoms with van der Waals surface area (Å²) in [5.41, 5.74) is -0.358. The molecule has 150 valence electrons. The fourth-order valence-electron chi connectivity index (χ4n) is 2.85. The van der Waals surface area contributed by atoms with Gasteiger partial charge in [0.25, 0.3) is 5.69 Å². The lowest BCUT2D eigenvalue weighted by atomic mass is 10.3. The normalized spacial score (nSPS) is 16.0. The van der Waals surface area contributed by atoms with Crippen molar-refractivity contribution in [2.45, 2.75) is 11.6 Å². The molecule has 0 radical (unpaired) electrons. The average Bonchev–Trinajstić information content (AvgIpc) is 3.16. The summed E-state index contributed by atoms with van der Waals surface area (Å²) in [5, 5.41) is 18.7. The number of para-hydroxylation sites is 1. The van der Waals surface area contributed by atoms with Crippen molar-refractivity contribution in [3.63, 3.8) is 0 Å². The molecular formula is C15H18N6O6S. The highest BCUT2D eigenvalue weighted by molar-refractivity contribution is 7.89. The lowest BCUT2D eigenvalue weighted by Gasteiger charge is -2.33. The Labute approximate surface area is 160 Å². The van der Waals surface area contributed by atoms with Gasteiger partial charge in [0.1, 0.15) is 0 Å². The summed E-state index contributed by atoms with van der Waals surface area (Å²) < 4.78 is 32.9. The molecule has 12 nitrogen and oxygen atoms in total. The molecule has 2 heterocycles. The molecule has 0 bridgehead atoms. The maximum absolute atomic E-state index is 12.8. The zero-order valence-electron chi connectivity index (χ0n) is 15.0. The number of rotatable bonds is 6. The van der Waals surface area contributed by atoms with Crippen LogP contribution < -0.4 is 0 Å². The van der Waals surface area contributed by atoms with E-state index in [2.05, 4.69) is 15.0 Å². The van der Waals surface area contributed by atoms with Crippen LogP contribution in [0.5, 0.6) is 0 Å². The van der Waals surface area contributed by atoms with Gasteiger partial charge in [-0.15, -0.1) is 5.10 Å². The van der Waals surface area contributed by atoms with Gasteiger partial charge in [0.2, 0.25) is 10.0 Å². The first-order valence-electron chi connectivity index (χ1n) is 8.27. The van der Waals surface area contributed by atoms with Crippen molar-refractivity contribution in [3.8, 4) is 0 Å². The molecular weight excluding hydrogens is 392 g/mol. The van der Waals surface area contributed by atoms with Crippen LogP contribution in [0.15, 0.2) is 35.4 Å². The predicted molar refractivity (Wildman–Crippen MR) is 94.8 cm³/mol. The third-order valence-corrected chi connectivity index (χ3v) is 6.24. The molecule has 0 spiro atoms. The number of ether oxygens (including phenoxy) is 1. The van der Waals surface area contributed by atoms with E-state index in [9.17, 15) is 23.3 Å². The molecule has 1 fully saturated rings. The molecule has 0 unspecified atom stereocenters. The Kier molecular flexibility index (Phi) is 5.67. The molecule has 1 aliphatic rings. The Morgan fingerprint density at radius 3 is 2.57 bits per heavy atom. The molecule has 0 saturated carbocycles. The third-order valence-electron chi connectivity index (χ3n) is 4.29. The van der Waals surface area contributed by atoms with Crippen molar-refractivity contribution in [2.24, 2.45) is 0 Å². The summed E-state index contributed by atoms with van der Waals surface area (Å²) in [6.07, 6.45) is 1.45. The number of methoxy groups -OCH3 is 1.